The molecule has 3 heteroatoms. The van der Waals surface area contributed by atoms with E-state index in [1.807, 2.05) is 11.8 Å². The molecule has 0 aromatic heterocycles. The van der Waals surface area contributed by atoms with Gasteiger partial charge in [0.05, 0.1) is 12.3 Å². The summed E-state index contributed by atoms with van der Waals surface area (Å²) in [6, 6.07) is 4.78. The van der Waals surface area contributed by atoms with Crippen molar-refractivity contribution in [2.24, 2.45) is 0 Å². The number of aliphatic hydroxyl groups is 1. The molecule has 0 fully saturated rings. The highest BCUT2D eigenvalue weighted by Crippen LogP contribution is 2.20. The van der Waals surface area contributed by atoms with Crippen molar-refractivity contribution < 1.29 is 9.50 Å². The number of likely N-dealkylation sites (N-methyl/N-ethyl adjacent to an activating group) is 1. The molecule has 1 aromatic carbocycles. The Labute approximate surface area is 89.7 Å². The third-order valence-corrected chi connectivity index (χ3v) is 2.27. The molecular weight excluding hydrogens is 193 g/mol. The van der Waals surface area contributed by atoms with Crippen molar-refractivity contribution in [3.8, 4) is 0 Å². The molecule has 15 heavy (non-hydrogen) atoms. The van der Waals surface area contributed by atoms with Crippen LogP contribution in [0.3, 0.4) is 0 Å². The van der Waals surface area contributed by atoms with E-state index >= 15 is 0 Å². The molecule has 0 aliphatic carbocycles. The van der Waals surface area contributed by atoms with Crippen molar-refractivity contribution >= 4 is 5.69 Å². The summed E-state index contributed by atoms with van der Waals surface area (Å²) in [6.45, 7) is 6.80. The second-order valence-corrected chi connectivity index (χ2v) is 3.27. The number of hydrogen-bond acceptors (Lipinski definition) is 2. The number of aliphatic hydroxyl groups excluding tert-OH is 1. The molecular formula is C12H16FNO. The maximum Gasteiger partial charge on any atom is 0.146 e. The normalized spacial score (nSPS) is 10.1. The molecule has 1 N–H and O–H groups in total. The van der Waals surface area contributed by atoms with Gasteiger partial charge in [-0.05, 0) is 24.6 Å². The molecule has 0 saturated heterocycles. The van der Waals surface area contributed by atoms with Crippen molar-refractivity contribution in [3.63, 3.8) is 0 Å². The van der Waals surface area contributed by atoms with Crippen LogP contribution in [0.25, 0.3) is 0 Å². The fraction of sp³-hybridized carbons (Fsp3) is 0.333. The molecule has 0 amide bonds. The van der Waals surface area contributed by atoms with Crippen LogP contribution in [-0.4, -0.2) is 18.2 Å². The van der Waals surface area contributed by atoms with E-state index in [-0.39, 0.29) is 12.4 Å². The van der Waals surface area contributed by atoms with Crippen molar-refractivity contribution in [2.75, 3.05) is 18.0 Å². The fourth-order valence-corrected chi connectivity index (χ4v) is 1.46. The summed E-state index contributed by atoms with van der Waals surface area (Å²) in [4.78, 5) is 1.88. The lowest BCUT2D eigenvalue weighted by molar-refractivity contribution is 0.281. The molecule has 0 saturated carbocycles. The minimum atomic E-state index is -0.301. The summed E-state index contributed by atoms with van der Waals surface area (Å²) in [6.07, 6.45) is 1.74. The maximum absolute atomic E-state index is 13.6. The third-order valence-electron chi connectivity index (χ3n) is 2.27. The Morgan fingerprint density at radius 3 is 2.73 bits per heavy atom. The highest BCUT2D eigenvalue weighted by atomic mass is 19.1. The van der Waals surface area contributed by atoms with E-state index in [4.69, 9.17) is 5.11 Å². The molecule has 0 unspecified atom stereocenters. The van der Waals surface area contributed by atoms with Crippen LogP contribution < -0.4 is 4.90 Å². The highest BCUT2D eigenvalue weighted by molar-refractivity contribution is 5.49. The zero-order valence-electron chi connectivity index (χ0n) is 8.91. The quantitative estimate of drug-likeness (QED) is 0.752. The van der Waals surface area contributed by atoms with Crippen LogP contribution in [0.1, 0.15) is 12.5 Å². The lowest BCUT2D eigenvalue weighted by Gasteiger charge is -2.22. The lowest BCUT2D eigenvalue weighted by Crippen LogP contribution is -2.23. The molecule has 1 rings (SSSR count). The second-order valence-electron chi connectivity index (χ2n) is 3.27. The van der Waals surface area contributed by atoms with Gasteiger partial charge in [0.15, 0.2) is 0 Å². The van der Waals surface area contributed by atoms with E-state index in [0.717, 1.165) is 6.54 Å². The molecule has 0 radical (unpaired) electrons. The molecule has 0 aliphatic heterocycles. The van der Waals surface area contributed by atoms with Gasteiger partial charge >= 0.3 is 0 Å². The average molecular weight is 209 g/mol. The second kappa shape index (κ2) is 5.51. The van der Waals surface area contributed by atoms with Crippen molar-refractivity contribution in [2.45, 2.75) is 13.5 Å². The van der Waals surface area contributed by atoms with Crippen LogP contribution in [0.2, 0.25) is 0 Å². The predicted octanol–water partition coefficient (Wildman–Crippen LogP) is 2.33. The molecule has 1 aromatic rings. The summed E-state index contributed by atoms with van der Waals surface area (Å²) < 4.78 is 13.6. The van der Waals surface area contributed by atoms with Gasteiger partial charge in [0.1, 0.15) is 5.82 Å². The molecule has 2 nitrogen and oxygen atoms in total. The maximum atomic E-state index is 13.6. The zero-order chi connectivity index (χ0) is 11.3. The lowest BCUT2D eigenvalue weighted by atomic mass is 10.2. The fourth-order valence-electron chi connectivity index (χ4n) is 1.46. The molecule has 0 heterocycles. The van der Waals surface area contributed by atoms with E-state index in [1.54, 1.807) is 18.2 Å². The summed E-state index contributed by atoms with van der Waals surface area (Å²) in [5.74, 6) is -0.301. The van der Waals surface area contributed by atoms with E-state index in [9.17, 15) is 4.39 Å². The van der Waals surface area contributed by atoms with E-state index < -0.39 is 0 Å². The number of rotatable bonds is 5. The van der Waals surface area contributed by atoms with Crippen molar-refractivity contribution in [1.82, 2.24) is 0 Å². The van der Waals surface area contributed by atoms with Gasteiger partial charge in [-0.2, -0.15) is 0 Å². The Balaban J connectivity index is 2.97. The van der Waals surface area contributed by atoms with E-state index in [0.29, 0.717) is 17.8 Å². The van der Waals surface area contributed by atoms with E-state index in [2.05, 4.69) is 6.58 Å². The monoisotopic (exact) mass is 209 g/mol. The van der Waals surface area contributed by atoms with Gasteiger partial charge < -0.3 is 10.0 Å². The standard InChI is InChI=1S/C12H16FNO/c1-3-7-14(4-2)12-6-5-10(9-15)8-11(12)13/h3,5-6,8,15H,1,4,7,9H2,2H3. The Kier molecular flexibility index (Phi) is 4.31. The summed E-state index contributed by atoms with van der Waals surface area (Å²) in [5, 5.41) is 8.86. The molecule has 0 spiro atoms. The third kappa shape index (κ3) is 2.80. The Hall–Kier alpha value is -1.35. The van der Waals surface area contributed by atoms with Gasteiger partial charge in [0, 0.05) is 13.1 Å². The first-order valence-electron chi connectivity index (χ1n) is 4.98. The van der Waals surface area contributed by atoms with Crippen LogP contribution in [0, 0.1) is 5.82 Å². The molecule has 0 aliphatic rings. The largest absolute Gasteiger partial charge is 0.392 e. The molecule has 82 valence electrons. The number of halogens is 1. The highest BCUT2D eigenvalue weighted by Gasteiger charge is 2.08. The number of hydrogen-bond donors (Lipinski definition) is 1. The smallest absolute Gasteiger partial charge is 0.146 e. The topological polar surface area (TPSA) is 23.5 Å². The van der Waals surface area contributed by atoms with Crippen LogP contribution in [0.5, 0.6) is 0 Å². The first kappa shape index (κ1) is 11.7. The molecule has 0 atom stereocenters. The van der Waals surface area contributed by atoms with Crippen LogP contribution >= 0.6 is 0 Å². The van der Waals surface area contributed by atoms with Gasteiger partial charge in [-0.3, -0.25) is 0 Å². The first-order chi connectivity index (χ1) is 7.22. The average Bonchev–Trinajstić information content (AvgIpc) is 2.26. The van der Waals surface area contributed by atoms with Gasteiger partial charge in [0.25, 0.3) is 0 Å². The van der Waals surface area contributed by atoms with E-state index in [1.165, 1.54) is 6.07 Å². The zero-order valence-corrected chi connectivity index (χ0v) is 8.91. The Bertz CT molecular complexity index is 338. The minimum absolute atomic E-state index is 0.134. The first-order valence-corrected chi connectivity index (χ1v) is 4.98. The van der Waals surface area contributed by atoms with Crippen LogP contribution in [0.15, 0.2) is 30.9 Å². The van der Waals surface area contributed by atoms with Gasteiger partial charge in [-0.1, -0.05) is 12.1 Å². The minimum Gasteiger partial charge on any atom is -0.392 e. The van der Waals surface area contributed by atoms with Gasteiger partial charge in [-0.25, -0.2) is 4.39 Å². The summed E-state index contributed by atoms with van der Waals surface area (Å²) in [5.41, 5.74) is 1.14. The van der Waals surface area contributed by atoms with Crippen LogP contribution in [0.4, 0.5) is 10.1 Å². The van der Waals surface area contributed by atoms with Gasteiger partial charge in [0.2, 0.25) is 0 Å². The number of nitrogens with zero attached hydrogens (tertiary/aromatic N) is 1. The Morgan fingerprint density at radius 1 is 1.53 bits per heavy atom. The predicted molar refractivity (Wildman–Crippen MR) is 60.4 cm³/mol. The summed E-state index contributed by atoms with van der Waals surface area (Å²) in [7, 11) is 0. The molecule has 0 bridgehead atoms. The summed E-state index contributed by atoms with van der Waals surface area (Å²) >= 11 is 0. The Morgan fingerprint density at radius 2 is 2.27 bits per heavy atom. The SMILES string of the molecule is C=CCN(CC)c1ccc(CO)cc1F. The van der Waals surface area contributed by atoms with Gasteiger partial charge in [-0.15, -0.1) is 6.58 Å². The number of anilines is 1. The van der Waals surface area contributed by atoms with Crippen LogP contribution in [-0.2, 0) is 6.61 Å². The number of benzene rings is 1. The van der Waals surface area contributed by atoms with Crippen molar-refractivity contribution in [1.29, 1.82) is 0 Å². The van der Waals surface area contributed by atoms with Crippen molar-refractivity contribution in [3.05, 3.63) is 42.2 Å².